The molecule has 0 radical (unpaired) electrons. The quantitative estimate of drug-likeness (QED) is 0.897. The maximum absolute atomic E-state index is 12.9. The lowest BCUT2D eigenvalue weighted by Crippen LogP contribution is -2.47. The predicted octanol–water partition coefficient (Wildman–Crippen LogP) is 3.07. The smallest absolute Gasteiger partial charge is 0.231 e. The summed E-state index contributed by atoms with van der Waals surface area (Å²) >= 11 is 1.75. The number of rotatable bonds is 4. The van der Waals surface area contributed by atoms with Gasteiger partial charge in [-0.3, -0.25) is 4.79 Å². The number of carbonyl (C=O) groups excluding carboxylic acids is 1. The number of carbonyl (C=O) groups is 1. The van der Waals surface area contributed by atoms with E-state index in [0.717, 1.165) is 32.5 Å². The maximum atomic E-state index is 12.9. The van der Waals surface area contributed by atoms with Crippen molar-refractivity contribution in [2.75, 3.05) is 19.6 Å². The van der Waals surface area contributed by atoms with Crippen LogP contribution in [0.5, 0.6) is 0 Å². The van der Waals surface area contributed by atoms with Crippen molar-refractivity contribution in [3.8, 4) is 0 Å². The van der Waals surface area contributed by atoms with Crippen molar-refractivity contribution in [3.63, 3.8) is 0 Å². The van der Waals surface area contributed by atoms with Crippen LogP contribution in [0, 0.1) is 5.92 Å². The molecule has 2 aliphatic rings. The number of thiophene rings is 1. The highest BCUT2D eigenvalue weighted by Gasteiger charge is 2.41. The molecule has 3 rings (SSSR count). The Bertz CT molecular complexity index is 445. The molecule has 0 unspecified atom stereocenters. The van der Waals surface area contributed by atoms with Gasteiger partial charge in [0.1, 0.15) is 0 Å². The van der Waals surface area contributed by atoms with Crippen LogP contribution in [0.15, 0.2) is 17.5 Å². The van der Waals surface area contributed by atoms with Crippen molar-refractivity contribution in [1.82, 2.24) is 10.6 Å². The average Bonchev–Trinajstić information content (AvgIpc) is 3.09. The summed E-state index contributed by atoms with van der Waals surface area (Å²) in [6.07, 6.45) is 8.04. The first-order chi connectivity index (χ1) is 10.3. The normalized spacial score (nSPS) is 22.9. The zero-order chi connectivity index (χ0) is 14.5. The summed E-state index contributed by atoms with van der Waals surface area (Å²) in [7, 11) is 0. The van der Waals surface area contributed by atoms with E-state index in [2.05, 4.69) is 28.1 Å². The van der Waals surface area contributed by atoms with Crippen LogP contribution in [0.4, 0.5) is 0 Å². The fraction of sp³-hybridized carbons (Fsp3) is 0.706. The summed E-state index contributed by atoms with van der Waals surface area (Å²) in [5.74, 6) is 0.933. The SMILES string of the molecule is O=C(NCC1CCNCC1)C1(c2cccs2)CCCCC1. The Labute approximate surface area is 131 Å². The first kappa shape index (κ1) is 15.0. The van der Waals surface area contributed by atoms with Crippen molar-refractivity contribution in [3.05, 3.63) is 22.4 Å². The second-order valence-electron chi connectivity index (χ2n) is 6.52. The number of hydrogen-bond donors (Lipinski definition) is 2. The Balaban J connectivity index is 1.66. The van der Waals surface area contributed by atoms with Crippen molar-refractivity contribution < 1.29 is 4.79 Å². The highest BCUT2D eigenvalue weighted by Crippen LogP contribution is 2.41. The van der Waals surface area contributed by atoms with Crippen LogP contribution >= 0.6 is 11.3 Å². The van der Waals surface area contributed by atoms with E-state index in [1.165, 1.54) is 37.0 Å². The topological polar surface area (TPSA) is 41.1 Å². The second-order valence-corrected chi connectivity index (χ2v) is 7.47. The molecule has 0 atom stereocenters. The lowest BCUT2D eigenvalue weighted by Gasteiger charge is -2.36. The third-order valence-corrected chi connectivity index (χ3v) is 6.22. The molecule has 0 bridgehead atoms. The van der Waals surface area contributed by atoms with Gasteiger partial charge in [-0.15, -0.1) is 11.3 Å². The van der Waals surface area contributed by atoms with Gasteiger partial charge >= 0.3 is 0 Å². The molecule has 1 aromatic rings. The van der Waals surface area contributed by atoms with E-state index >= 15 is 0 Å². The minimum Gasteiger partial charge on any atom is -0.355 e. The van der Waals surface area contributed by atoms with Gasteiger partial charge in [0.2, 0.25) is 5.91 Å². The summed E-state index contributed by atoms with van der Waals surface area (Å²) in [5.41, 5.74) is -0.237. The van der Waals surface area contributed by atoms with Crippen LogP contribution in [-0.2, 0) is 10.2 Å². The first-order valence-electron chi connectivity index (χ1n) is 8.34. The Kier molecular flexibility index (Phi) is 4.96. The second kappa shape index (κ2) is 6.93. The largest absolute Gasteiger partial charge is 0.355 e. The molecule has 4 heteroatoms. The molecule has 1 aliphatic heterocycles. The molecule has 1 saturated carbocycles. The molecule has 1 amide bonds. The van der Waals surface area contributed by atoms with Gasteiger partial charge in [-0.1, -0.05) is 25.3 Å². The molecule has 2 N–H and O–H groups in total. The average molecular weight is 306 g/mol. The number of nitrogens with one attached hydrogen (secondary N) is 2. The number of piperidine rings is 1. The van der Waals surface area contributed by atoms with E-state index in [9.17, 15) is 4.79 Å². The molecular weight excluding hydrogens is 280 g/mol. The van der Waals surface area contributed by atoms with E-state index in [1.807, 2.05) is 0 Å². The molecule has 0 spiro atoms. The zero-order valence-electron chi connectivity index (χ0n) is 12.7. The van der Waals surface area contributed by atoms with Crippen LogP contribution in [0.2, 0.25) is 0 Å². The van der Waals surface area contributed by atoms with E-state index < -0.39 is 0 Å². The number of amides is 1. The van der Waals surface area contributed by atoms with Crippen LogP contribution in [0.3, 0.4) is 0 Å². The van der Waals surface area contributed by atoms with E-state index in [0.29, 0.717) is 5.92 Å². The minimum absolute atomic E-state index is 0.237. The lowest BCUT2D eigenvalue weighted by molar-refractivity contribution is -0.128. The Morgan fingerprint density at radius 3 is 2.71 bits per heavy atom. The van der Waals surface area contributed by atoms with Crippen molar-refractivity contribution >= 4 is 17.2 Å². The molecular formula is C17H26N2OS. The Hall–Kier alpha value is -0.870. The van der Waals surface area contributed by atoms with Gasteiger partial charge in [0.25, 0.3) is 0 Å². The highest BCUT2D eigenvalue weighted by atomic mass is 32.1. The Morgan fingerprint density at radius 1 is 1.29 bits per heavy atom. The molecule has 1 aromatic heterocycles. The summed E-state index contributed by atoms with van der Waals surface area (Å²) in [5, 5.41) is 8.78. The van der Waals surface area contributed by atoms with Crippen molar-refractivity contribution in [2.24, 2.45) is 5.92 Å². The summed E-state index contributed by atoms with van der Waals surface area (Å²) in [4.78, 5) is 14.2. The molecule has 1 aliphatic carbocycles. The third kappa shape index (κ3) is 3.32. The molecule has 1 saturated heterocycles. The zero-order valence-corrected chi connectivity index (χ0v) is 13.5. The van der Waals surface area contributed by atoms with Gasteiger partial charge in [-0.2, -0.15) is 0 Å². The van der Waals surface area contributed by atoms with Gasteiger partial charge in [-0.25, -0.2) is 0 Å². The van der Waals surface area contributed by atoms with Crippen LogP contribution in [0.1, 0.15) is 49.8 Å². The Morgan fingerprint density at radius 2 is 2.05 bits per heavy atom. The molecule has 0 aromatic carbocycles. The van der Waals surface area contributed by atoms with Crippen LogP contribution in [-0.4, -0.2) is 25.5 Å². The van der Waals surface area contributed by atoms with E-state index in [1.54, 1.807) is 11.3 Å². The number of hydrogen-bond acceptors (Lipinski definition) is 3. The van der Waals surface area contributed by atoms with Crippen LogP contribution < -0.4 is 10.6 Å². The van der Waals surface area contributed by atoms with Crippen LogP contribution in [0.25, 0.3) is 0 Å². The molecule has 2 fully saturated rings. The standard InChI is InChI=1S/C17H26N2OS/c20-16(19-13-14-6-10-18-11-7-14)17(8-2-1-3-9-17)15-5-4-12-21-15/h4-5,12,14,18H,1-3,6-11,13H2,(H,19,20). The van der Waals surface area contributed by atoms with E-state index in [-0.39, 0.29) is 11.3 Å². The van der Waals surface area contributed by atoms with Gasteiger partial charge in [0.05, 0.1) is 5.41 Å². The third-order valence-electron chi connectivity index (χ3n) is 5.14. The fourth-order valence-corrected chi connectivity index (χ4v) is 4.77. The fourth-order valence-electron chi connectivity index (χ4n) is 3.78. The predicted molar refractivity (Wildman–Crippen MR) is 87.7 cm³/mol. The van der Waals surface area contributed by atoms with Gasteiger partial charge in [-0.05, 0) is 56.1 Å². The summed E-state index contributed by atoms with van der Waals surface area (Å²) < 4.78 is 0. The van der Waals surface area contributed by atoms with Gasteiger partial charge in [0, 0.05) is 11.4 Å². The summed E-state index contributed by atoms with van der Waals surface area (Å²) in [6.45, 7) is 3.04. The van der Waals surface area contributed by atoms with Gasteiger partial charge < -0.3 is 10.6 Å². The maximum Gasteiger partial charge on any atom is 0.231 e. The molecule has 3 nitrogen and oxygen atoms in total. The lowest BCUT2D eigenvalue weighted by atomic mass is 9.72. The molecule has 116 valence electrons. The monoisotopic (exact) mass is 306 g/mol. The van der Waals surface area contributed by atoms with E-state index in [4.69, 9.17) is 0 Å². The van der Waals surface area contributed by atoms with Gasteiger partial charge in [0.15, 0.2) is 0 Å². The minimum atomic E-state index is -0.237. The van der Waals surface area contributed by atoms with Crippen molar-refractivity contribution in [2.45, 2.75) is 50.4 Å². The highest BCUT2D eigenvalue weighted by molar-refractivity contribution is 7.10. The molecule has 2 heterocycles. The summed E-state index contributed by atoms with van der Waals surface area (Å²) in [6, 6.07) is 4.23. The van der Waals surface area contributed by atoms with Crippen molar-refractivity contribution in [1.29, 1.82) is 0 Å². The molecule has 21 heavy (non-hydrogen) atoms. The first-order valence-corrected chi connectivity index (χ1v) is 9.22.